The number of aryl methyl sites for hydroxylation is 1. The Hall–Kier alpha value is -3.48. The second-order valence-corrected chi connectivity index (χ2v) is 7.06. The molecule has 7 nitrogen and oxygen atoms in total. The van der Waals surface area contributed by atoms with E-state index in [0.717, 1.165) is 17.5 Å². The van der Waals surface area contributed by atoms with Crippen LogP contribution in [0.2, 0.25) is 0 Å². The lowest BCUT2D eigenvalue weighted by molar-refractivity contribution is -0.117. The number of hydrogen-bond acceptors (Lipinski definition) is 6. The van der Waals surface area contributed by atoms with Crippen LogP contribution in [-0.4, -0.2) is 28.6 Å². The standard InChI is InChI=1S/C22H21N3O4/c1-14-8-10-16(11-9-14)21-24-23-20(29-21)15(2)28-22(27)17-5-3-6-18(13-17)25-12-4-7-19(25)26/h3,5-6,8-11,13,15H,4,7,12H2,1-2H3/t15-/m1/s1. The zero-order valence-corrected chi connectivity index (χ0v) is 16.3. The lowest BCUT2D eigenvalue weighted by Crippen LogP contribution is -2.24. The van der Waals surface area contributed by atoms with Crippen molar-refractivity contribution >= 4 is 17.6 Å². The van der Waals surface area contributed by atoms with E-state index in [1.807, 2.05) is 37.3 Å². The van der Waals surface area contributed by atoms with Gasteiger partial charge in [0.2, 0.25) is 11.8 Å². The first-order valence-electron chi connectivity index (χ1n) is 9.53. The zero-order valence-electron chi connectivity index (χ0n) is 16.3. The summed E-state index contributed by atoms with van der Waals surface area (Å²) >= 11 is 0. The zero-order chi connectivity index (χ0) is 20.4. The maximum atomic E-state index is 12.6. The average molecular weight is 391 g/mol. The molecule has 1 aliphatic heterocycles. The van der Waals surface area contributed by atoms with Crippen molar-refractivity contribution in [3.05, 3.63) is 65.5 Å². The van der Waals surface area contributed by atoms with Crippen LogP contribution in [0.3, 0.4) is 0 Å². The van der Waals surface area contributed by atoms with Gasteiger partial charge in [0.15, 0.2) is 6.10 Å². The van der Waals surface area contributed by atoms with Gasteiger partial charge < -0.3 is 14.1 Å². The van der Waals surface area contributed by atoms with Gasteiger partial charge in [0.1, 0.15) is 0 Å². The van der Waals surface area contributed by atoms with Crippen LogP contribution in [0, 0.1) is 6.92 Å². The van der Waals surface area contributed by atoms with E-state index in [2.05, 4.69) is 10.2 Å². The molecule has 0 radical (unpaired) electrons. The number of esters is 1. The highest BCUT2D eigenvalue weighted by molar-refractivity contribution is 5.97. The second kappa shape index (κ2) is 7.87. The summed E-state index contributed by atoms with van der Waals surface area (Å²) in [7, 11) is 0. The highest BCUT2D eigenvalue weighted by atomic mass is 16.6. The molecule has 1 aliphatic rings. The fourth-order valence-corrected chi connectivity index (χ4v) is 3.21. The Bertz CT molecular complexity index is 1040. The van der Waals surface area contributed by atoms with E-state index in [0.29, 0.717) is 30.1 Å². The van der Waals surface area contributed by atoms with E-state index in [1.165, 1.54) is 0 Å². The minimum absolute atomic E-state index is 0.0679. The van der Waals surface area contributed by atoms with Crippen LogP contribution in [-0.2, 0) is 9.53 Å². The third kappa shape index (κ3) is 4.03. The quantitative estimate of drug-likeness (QED) is 0.609. The van der Waals surface area contributed by atoms with Crippen molar-refractivity contribution in [2.45, 2.75) is 32.8 Å². The lowest BCUT2D eigenvalue weighted by Gasteiger charge is -2.16. The van der Waals surface area contributed by atoms with Crippen LogP contribution >= 0.6 is 0 Å². The molecule has 0 aliphatic carbocycles. The van der Waals surface area contributed by atoms with Crippen molar-refractivity contribution in [3.63, 3.8) is 0 Å². The fraction of sp³-hybridized carbons (Fsp3) is 0.273. The van der Waals surface area contributed by atoms with E-state index >= 15 is 0 Å². The minimum Gasteiger partial charge on any atom is -0.449 e. The highest BCUT2D eigenvalue weighted by Crippen LogP contribution is 2.25. The molecule has 1 amide bonds. The predicted molar refractivity (Wildman–Crippen MR) is 106 cm³/mol. The Labute approximate surface area is 168 Å². The van der Waals surface area contributed by atoms with Gasteiger partial charge >= 0.3 is 5.97 Å². The number of amides is 1. The Morgan fingerprint density at radius 1 is 1.17 bits per heavy atom. The summed E-state index contributed by atoms with van der Waals surface area (Å²) < 4.78 is 11.2. The van der Waals surface area contributed by atoms with Gasteiger partial charge in [-0.05, 0) is 50.6 Å². The SMILES string of the molecule is Cc1ccc(-c2nnc([C@@H](C)OC(=O)c3cccc(N4CCCC4=O)c3)o2)cc1. The third-order valence-electron chi connectivity index (χ3n) is 4.84. The number of carbonyl (C=O) groups excluding carboxylic acids is 2. The smallest absolute Gasteiger partial charge is 0.338 e. The van der Waals surface area contributed by atoms with Crippen LogP contribution < -0.4 is 4.90 Å². The van der Waals surface area contributed by atoms with Crippen molar-refractivity contribution in [1.82, 2.24) is 10.2 Å². The number of ether oxygens (including phenoxy) is 1. The molecule has 1 aromatic heterocycles. The molecule has 0 spiro atoms. The predicted octanol–water partition coefficient (Wildman–Crippen LogP) is 4.09. The summed E-state index contributed by atoms with van der Waals surface area (Å²) in [4.78, 5) is 26.2. The summed E-state index contributed by atoms with van der Waals surface area (Å²) in [6, 6.07) is 14.6. The van der Waals surface area contributed by atoms with Crippen molar-refractivity contribution in [3.8, 4) is 11.5 Å². The van der Waals surface area contributed by atoms with E-state index in [1.54, 1.807) is 30.0 Å². The molecule has 1 fully saturated rings. The van der Waals surface area contributed by atoms with Crippen molar-refractivity contribution in [2.75, 3.05) is 11.4 Å². The van der Waals surface area contributed by atoms with Gasteiger partial charge in [0.05, 0.1) is 5.56 Å². The van der Waals surface area contributed by atoms with Gasteiger partial charge in [-0.2, -0.15) is 0 Å². The molecule has 0 unspecified atom stereocenters. The molecule has 2 aromatic carbocycles. The van der Waals surface area contributed by atoms with Gasteiger partial charge in [0.25, 0.3) is 5.89 Å². The van der Waals surface area contributed by atoms with Crippen LogP contribution in [0.25, 0.3) is 11.5 Å². The Morgan fingerprint density at radius 2 is 1.97 bits per heavy atom. The second-order valence-electron chi connectivity index (χ2n) is 7.06. The van der Waals surface area contributed by atoms with Crippen LogP contribution in [0.5, 0.6) is 0 Å². The van der Waals surface area contributed by atoms with Gasteiger partial charge in [-0.15, -0.1) is 10.2 Å². The molecule has 3 aromatic rings. The number of nitrogens with zero attached hydrogens (tertiary/aromatic N) is 3. The molecule has 2 heterocycles. The molecule has 7 heteroatoms. The van der Waals surface area contributed by atoms with E-state index in [-0.39, 0.29) is 11.8 Å². The molecule has 29 heavy (non-hydrogen) atoms. The number of benzene rings is 2. The monoisotopic (exact) mass is 391 g/mol. The fourth-order valence-electron chi connectivity index (χ4n) is 3.21. The van der Waals surface area contributed by atoms with Crippen LogP contribution in [0.1, 0.15) is 47.7 Å². The van der Waals surface area contributed by atoms with Crippen molar-refractivity contribution in [1.29, 1.82) is 0 Å². The highest BCUT2D eigenvalue weighted by Gasteiger charge is 2.24. The first-order chi connectivity index (χ1) is 14.0. The summed E-state index contributed by atoms with van der Waals surface area (Å²) in [6.07, 6.45) is 0.656. The minimum atomic E-state index is -0.703. The maximum Gasteiger partial charge on any atom is 0.338 e. The molecule has 4 rings (SSSR count). The van der Waals surface area contributed by atoms with Gasteiger partial charge in [-0.25, -0.2) is 4.79 Å². The van der Waals surface area contributed by atoms with Gasteiger partial charge in [0, 0.05) is 24.2 Å². The molecule has 0 saturated carbocycles. The largest absolute Gasteiger partial charge is 0.449 e. The molecule has 148 valence electrons. The normalized spacial score (nSPS) is 14.8. The molecule has 0 N–H and O–H groups in total. The van der Waals surface area contributed by atoms with E-state index in [4.69, 9.17) is 9.15 Å². The van der Waals surface area contributed by atoms with Crippen molar-refractivity contribution < 1.29 is 18.7 Å². The summed E-state index contributed by atoms with van der Waals surface area (Å²) in [5.41, 5.74) is 3.01. The maximum absolute atomic E-state index is 12.6. The Kier molecular flexibility index (Phi) is 5.12. The Morgan fingerprint density at radius 3 is 2.69 bits per heavy atom. The molecule has 1 saturated heterocycles. The van der Waals surface area contributed by atoms with E-state index < -0.39 is 12.1 Å². The van der Waals surface area contributed by atoms with E-state index in [9.17, 15) is 9.59 Å². The first-order valence-corrected chi connectivity index (χ1v) is 9.53. The topological polar surface area (TPSA) is 85.5 Å². The van der Waals surface area contributed by atoms with Gasteiger partial charge in [-0.1, -0.05) is 23.8 Å². The molecular formula is C22H21N3O4. The van der Waals surface area contributed by atoms with Crippen LogP contribution in [0.4, 0.5) is 5.69 Å². The first kappa shape index (κ1) is 18.9. The van der Waals surface area contributed by atoms with Crippen molar-refractivity contribution in [2.24, 2.45) is 0 Å². The van der Waals surface area contributed by atoms with Gasteiger partial charge in [-0.3, -0.25) is 4.79 Å². The number of carbonyl (C=O) groups is 2. The number of rotatable bonds is 5. The van der Waals surface area contributed by atoms with Crippen LogP contribution in [0.15, 0.2) is 52.9 Å². The summed E-state index contributed by atoms with van der Waals surface area (Å²) in [5.74, 6) is 0.150. The lowest BCUT2D eigenvalue weighted by atomic mass is 10.1. The Balaban J connectivity index is 1.46. The third-order valence-corrected chi connectivity index (χ3v) is 4.84. The number of aromatic nitrogens is 2. The molecular weight excluding hydrogens is 370 g/mol. The molecule has 1 atom stereocenters. The number of anilines is 1. The number of hydrogen-bond donors (Lipinski definition) is 0. The average Bonchev–Trinajstić information content (AvgIpc) is 3.38. The summed E-state index contributed by atoms with van der Waals surface area (Å²) in [5, 5.41) is 8.05. The summed E-state index contributed by atoms with van der Waals surface area (Å²) in [6.45, 7) is 4.34. The molecule has 0 bridgehead atoms.